The minimum Gasteiger partial charge on any atom is -0.375 e. The second-order valence-corrected chi connectivity index (χ2v) is 5.13. The molecule has 0 aliphatic heterocycles. The van der Waals surface area contributed by atoms with Crippen LogP contribution in [0.2, 0.25) is 0 Å². The van der Waals surface area contributed by atoms with Crippen LogP contribution in [0.1, 0.15) is 16.1 Å². The number of terminal acetylenes is 1. The number of benzene rings is 1. The molecule has 2 amide bonds. The van der Waals surface area contributed by atoms with Crippen LogP contribution in [0.15, 0.2) is 30.3 Å². The molecule has 0 radical (unpaired) electrons. The molecule has 124 valence electrons. The van der Waals surface area contributed by atoms with E-state index in [0.29, 0.717) is 17.1 Å². The van der Waals surface area contributed by atoms with Crippen molar-refractivity contribution in [3.05, 3.63) is 41.6 Å². The van der Waals surface area contributed by atoms with Crippen LogP contribution in [-0.2, 0) is 11.8 Å². The fraction of sp³-hybridized carbons (Fsp3) is 0.235. The van der Waals surface area contributed by atoms with Crippen LogP contribution in [0.4, 0.5) is 11.5 Å². The summed E-state index contributed by atoms with van der Waals surface area (Å²) in [5.74, 6) is 2.43. The molecule has 0 aliphatic rings. The zero-order valence-electron chi connectivity index (χ0n) is 13.6. The van der Waals surface area contributed by atoms with Crippen molar-refractivity contribution in [2.24, 2.45) is 7.05 Å². The maximum absolute atomic E-state index is 12.1. The van der Waals surface area contributed by atoms with Crippen LogP contribution < -0.4 is 16.0 Å². The second-order valence-electron chi connectivity index (χ2n) is 5.13. The Morgan fingerprint density at radius 1 is 1.33 bits per heavy atom. The Kier molecular flexibility index (Phi) is 5.58. The molecule has 0 fully saturated rings. The van der Waals surface area contributed by atoms with Gasteiger partial charge in [0.1, 0.15) is 5.82 Å². The van der Waals surface area contributed by atoms with Gasteiger partial charge in [0, 0.05) is 18.8 Å². The molecule has 7 nitrogen and oxygen atoms in total. The minimum atomic E-state index is -0.293. The summed E-state index contributed by atoms with van der Waals surface area (Å²) in [4.78, 5) is 24.1. The first-order valence-electron chi connectivity index (χ1n) is 7.36. The first-order valence-corrected chi connectivity index (χ1v) is 7.36. The molecule has 1 aromatic carbocycles. The van der Waals surface area contributed by atoms with Gasteiger partial charge in [-0.1, -0.05) is 18.1 Å². The lowest BCUT2D eigenvalue weighted by Gasteiger charge is -2.11. The minimum absolute atomic E-state index is 0.0175. The molecule has 0 saturated carbocycles. The number of aryl methyl sites for hydroxylation is 2. The summed E-state index contributed by atoms with van der Waals surface area (Å²) < 4.78 is 1.59. The third-order valence-corrected chi connectivity index (χ3v) is 3.23. The van der Waals surface area contributed by atoms with E-state index in [9.17, 15) is 9.59 Å². The van der Waals surface area contributed by atoms with Gasteiger partial charge in [0.05, 0.1) is 24.3 Å². The lowest BCUT2D eigenvalue weighted by Crippen LogP contribution is -2.27. The summed E-state index contributed by atoms with van der Waals surface area (Å²) in [6.45, 7) is 2.01. The molecule has 3 N–H and O–H groups in total. The predicted molar refractivity (Wildman–Crippen MR) is 92.7 cm³/mol. The summed E-state index contributed by atoms with van der Waals surface area (Å²) in [6.07, 6.45) is 5.14. The van der Waals surface area contributed by atoms with Crippen molar-refractivity contribution in [2.45, 2.75) is 6.92 Å². The Balaban J connectivity index is 1.99. The Bertz CT molecular complexity index is 789. The molecule has 24 heavy (non-hydrogen) atoms. The molecule has 2 rings (SSSR count). The van der Waals surface area contributed by atoms with Crippen molar-refractivity contribution in [1.82, 2.24) is 15.1 Å². The van der Waals surface area contributed by atoms with Gasteiger partial charge in [0.25, 0.3) is 5.91 Å². The molecular formula is C17H19N5O2. The number of rotatable bonds is 6. The second kappa shape index (κ2) is 7.83. The van der Waals surface area contributed by atoms with Crippen molar-refractivity contribution in [1.29, 1.82) is 0 Å². The highest BCUT2D eigenvalue weighted by atomic mass is 16.2. The number of amides is 2. The summed E-state index contributed by atoms with van der Waals surface area (Å²) in [6, 6.07) is 8.69. The maximum atomic E-state index is 12.1. The van der Waals surface area contributed by atoms with Crippen LogP contribution in [0, 0.1) is 19.3 Å². The number of anilines is 2. The monoisotopic (exact) mass is 325 g/mol. The molecule has 1 heterocycles. The Morgan fingerprint density at radius 2 is 2.08 bits per heavy atom. The standard InChI is InChI=1S/C17H19N5O2/c1-4-9-18-17(24)13-7-5-6-8-14(13)19-11-16(23)20-15-10-12(2)21-22(15)3/h1,5-8,10,19H,9,11H2,2-3H3,(H,18,24)(H,20,23). The van der Waals surface area contributed by atoms with E-state index in [1.54, 1.807) is 42.1 Å². The van der Waals surface area contributed by atoms with Gasteiger partial charge in [-0.2, -0.15) is 5.10 Å². The number of aromatic nitrogens is 2. The van der Waals surface area contributed by atoms with Crippen molar-refractivity contribution in [3.63, 3.8) is 0 Å². The average molecular weight is 325 g/mol. The van der Waals surface area contributed by atoms with Gasteiger partial charge in [-0.15, -0.1) is 6.42 Å². The van der Waals surface area contributed by atoms with E-state index in [1.165, 1.54) is 0 Å². The van der Waals surface area contributed by atoms with Gasteiger partial charge >= 0.3 is 0 Å². The molecule has 0 bridgehead atoms. The quantitative estimate of drug-likeness (QED) is 0.695. The molecular weight excluding hydrogens is 306 g/mol. The van der Waals surface area contributed by atoms with Gasteiger partial charge in [-0.3, -0.25) is 14.3 Å². The van der Waals surface area contributed by atoms with Gasteiger partial charge in [-0.25, -0.2) is 0 Å². The van der Waals surface area contributed by atoms with Crippen molar-refractivity contribution in [3.8, 4) is 12.3 Å². The number of nitrogens with zero attached hydrogens (tertiary/aromatic N) is 2. The highest BCUT2D eigenvalue weighted by Crippen LogP contribution is 2.15. The van der Waals surface area contributed by atoms with Crippen LogP contribution in [0.3, 0.4) is 0 Å². The van der Waals surface area contributed by atoms with Gasteiger partial charge < -0.3 is 16.0 Å². The fourth-order valence-electron chi connectivity index (χ4n) is 2.15. The molecule has 0 saturated heterocycles. The highest BCUT2D eigenvalue weighted by Gasteiger charge is 2.12. The zero-order chi connectivity index (χ0) is 17.5. The number of para-hydroxylation sites is 1. The van der Waals surface area contributed by atoms with E-state index in [1.807, 2.05) is 6.92 Å². The maximum Gasteiger partial charge on any atom is 0.254 e. The van der Waals surface area contributed by atoms with Crippen LogP contribution in [0.25, 0.3) is 0 Å². The van der Waals surface area contributed by atoms with Gasteiger partial charge in [-0.05, 0) is 19.1 Å². The first kappa shape index (κ1) is 17.1. The first-order chi connectivity index (χ1) is 11.5. The lowest BCUT2D eigenvalue weighted by atomic mass is 10.1. The average Bonchev–Trinajstić information content (AvgIpc) is 2.88. The number of nitrogens with one attached hydrogen (secondary N) is 3. The van der Waals surface area contributed by atoms with E-state index < -0.39 is 0 Å². The van der Waals surface area contributed by atoms with E-state index in [4.69, 9.17) is 6.42 Å². The third kappa shape index (κ3) is 4.36. The summed E-state index contributed by atoms with van der Waals surface area (Å²) >= 11 is 0. The summed E-state index contributed by atoms with van der Waals surface area (Å²) in [5.41, 5.74) is 1.80. The molecule has 0 aliphatic carbocycles. The van der Waals surface area contributed by atoms with Gasteiger partial charge in [0.2, 0.25) is 5.91 Å². The summed E-state index contributed by atoms with van der Waals surface area (Å²) in [5, 5.41) is 12.5. The van der Waals surface area contributed by atoms with Crippen LogP contribution in [-0.4, -0.2) is 34.7 Å². The lowest BCUT2D eigenvalue weighted by molar-refractivity contribution is -0.114. The van der Waals surface area contributed by atoms with Crippen molar-refractivity contribution >= 4 is 23.3 Å². The van der Waals surface area contributed by atoms with E-state index >= 15 is 0 Å². The van der Waals surface area contributed by atoms with Crippen LogP contribution in [0.5, 0.6) is 0 Å². The fourth-order valence-corrected chi connectivity index (χ4v) is 2.15. The number of carbonyl (C=O) groups is 2. The molecule has 1 aromatic heterocycles. The Morgan fingerprint density at radius 3 is 2.75 bits per heavy atom. The Labute approximate surface area is 140 Å². The smallest absolute Gasteiger partial charge is 0.254 e. The summed E-state index contributed by atoms with van der Waals surface area (Å²) in [7, 11) is 1.75. The normalized spacial score (nSPS) is 9.88. The third-order valence-electron chi connectivity index (χ3n) is 3.23. The topological polar surface area (TPSA) is 88.1 Å². The predicted octanol–water partition coefficient (Wildman–Crippen LogP) is 1.14. The molecule has 7 heteroatoms. The molecule has 0 atom stereocenters. The van der Waals surface area contributed by atoms with Gasteiger partial charge in [0.15, 0.2) is 0 Å². The Hall–Kier alpha value is -3.27. The van der Waals surface area contributed by atoms with Crippen molar-refractivity contribution < 1.29 is 9.59 Å². The number of carbonyl (C=O) groups excluding carboxylic acids is 2. The molecule has 0 unspecified atom stereocenters. The zero-order valence-corrected chi connectivity index (χ0v) is 13.6. The largest absolute Gasteiger partial charge is 0.375 e. The van der Waals surface area contributed by atoms with E-state index in [2.05, 4.69) is 27.0 Å². The molecule has 0 spiro atoms. The van der Waals surface area contributed by atoms with E-state index in [-0.39, 0.29) is 24.9 Å². The van der Waals surface area contributed by atoms with E-state index in [0.717, 1.165) is 5.69 Å². The van der Waals surface area contributed by atoms with Crippen molar-refractivity contribution in [2.75, 3.05) is 23.7 Å². The SMILES string of the molecule is C#CCNC(=O)c1ccccc1NCC(=O)Nc1cc(C)nn1C. The number of hydrogen-bond donors (Lipinski definition) is 3. The van der Waals surface area contributed by atoms with Crippen LogP contribution >= 0.6 is 0 Å². The number of hydrogen-bond acceptors (Lipinski definition) is 4. The highest BCUT2D eigenvalue weighted by molar-refractivity contribution is 6.00. The molecule has 2 aromatic rings.